The molecule has 0 radical (unpaired) electrons. The molecule has 0 saturated heterocycles. The minimum atomic E-state index is -4.79. The Morgan fingerprint density at radius 3 is 2.62 bits per heavy atom. The van der Waals surface area contributed by atoms with Crippen molar-refractivity contribution in [2.45, 2.75) is 37.9 Å². The molecule has 196 valence electrons. The number of carbonyl (C=O) groups excluding carboxylic acids is 1. The van der Waals surface area contributed by atoms with Gasteiger partial charge in [-0.15, -0.1) is 11.8 Å². The Morgan fingerprint density at radius 2 is 2.00 bits per heavy atom. The van der Waals surface area contributed by atoms with Crippen molar-refractivity contribution in [3.05, 3.63) is 97.6 Å². The quantitative estimate of drug-likeness (QED) is 0.482. The summed E-state index contributed by atoms with van der Waals surface area (Å²) in [6.45, 7) is 5.36. The van der Waals surface area contributed by atoms with Gasteiger partial charge in [-0.3, -0.25) is 19.3 Å². The summed E-state index contributed by atoms with van der Waals surface area (Å²) in [4.78, 5) is 26.4. The highest BCUT2D eigenvalue weighted by Crippen LogP contribution is 2.46. The molecular formula is C25H22ClF4N3O3S. The van der Waals surface area contributed by atoms with Crippen LogP contribution in [0.3, 0.4) is 0 Å². The molecule has 1 N–H and O–H groups in total. The summed E-state index contributed by atoms with van der Waals surface area (Å²) >= 11 is 7.94. The number of allylic oxidation sites excluding steroid dienone is 2. The lowest BCUT2D eigenvalue weighted by Gasteiger charge is -2.46. The zero-order valence-electron chi connectivity index (χ0n) is 19.7. The van der Waals surface area contributed by atoms with E-state index in [-0.39, 0.29) is 0 Å². The largest absolute Gasteiger partial charge is 0.502 e. The van der Waals surface area contributed by atoms with Crippen molar-refractivity contribution >= 4 is 29.3 Å². The van der Waals surface area contributed by atoms with E-state index in [0.29, 0.717) is 31.7 Å². The predicted molar refractivity (Wildman–Crippen MR) is 135 cm³/mol. The number of thioether (sulfide) groups is 1. The van der Waals surface area contributed by atoms with Crippen LogP contribution in [-0.4, -0.2) is 39.5 Å². The van der Waals surface area contributed by atoms with E-state index in [0.717, 1.165) is 23.2 Å². The van der Waals surface area contributed by atoms with Gasteiger partial charge in [-0.2, -0.15) is 13.2 Å². The van der Waals surface area contributed by atoms with Crippen LogP contribution in [0.5, 0.6) is 5.75 Å². The molecule has 4 rings (SSSR count). The summed E-state index contributed by atoms with van der Waals surface area (Å²) in [7, 11) is 0. The van der Waals surface area contributed by atoms with Gasteiger partial charge in [-0.25, -0.2) is 4.39 Å². The van der Waals surface area contributed by atoms with Crippen LogP contribution in [0.2, 0.25) is 5.02 Å². The Labute approximate surface area is 219 Å². The zero-order valence-corrected chi connectivity index (χ0v) is 21.3. The summed E-state index contributed by atoms with van der Waals surface area (Å²) in [5, 5.41) is 12.2. The third-order valence-electron chi connectivity index (χ3n) is 6.26. The van der Waals surface area contributed by atoms with Crippen LogP contribution in [-0.2, 0) is 5.75 Å². The van der Waals surface area contributed by atoms with Gasteiger partial charge in [0.25, 0.3) is 5.91 Å². The summed E-state index contributed by atoms with van der Waals surface area (Å²) in [6, 6.07) is 2.94. The first kappa shape index (κ1) is 26.9. The summed E-state index contributed by atoms with van der Waals surface area (Å²) in [5.74, 6) is -2.27. The standard InChI is InChI=1S/C25H22ClF4N3O3S/c1-4-16-19(10-13(2)27)37-11-15-6-5-7-17(26)20(15)21(16)33-12-31(14(3)25(28,29)30)24(36)22-23(35)18(34)8-9-32(22)33/h4-10,14,21,35H,1,11-12H2,2-3H3/b13-10+/t14-,21-/m1/s1. The Hall–Kier alpha value is -3.18. The topological polar surface area (TPSA) is 65.8 Å². The van der Waals surface area contributed by atoms with E-state index in [4.69, 9.17) is 11.6 Å². The lowest BCUT2D eigenvalue weighted by atomic mass is 9.93. The number of hydrogen-bond acceptors (Lipinski definition) is 5. The number of pyridine rings is 1. The van der Waals surface area contributed by atoms with Crippen molar-refractivity contribution in [3.8, 4) is 5.75 Å². The van der Waals surface area contributed by atoms with E-state index in [1.165, 1.54) is 42.0 Å². The van der Waals surface area contributed by atoms with Gasteiger partial charge in [0.1, 0.15) is 18.8 Å². The second kappa shape index (κ2) is 9.94. The van der Waals surface area contributed by atoms with E-state index in [2.05, 4.69) is 6.58 Å². The van der Waals surface area contributed by atoms with Crippen molar-refractivity contribution in [2.24, 2.45) is 0 Å². The van der Waals surface area contributed by atoms with Crippen molar-refractivity contribution in [3.63, 3.8) is 0 Å². The second-order valence-corrected chi connectivity index (χ2v) is 9.98. The highest BCUT2D eigenvalue weighted by Gasteiger charge is 2.47. The van der Waals surface area contributed by atoms with Crippen LogP contribution in [0, 0.1) is 0 Å². The molecule has 2 atom stereocenters. The molecule has 1 aromatic carbocycles. The number of rotatable bonds is 4. The average Bonchev–Trinajstić information content (AvgIpc) is 2.97. The SMILES string of the molecule is C=CC1=C(/C=C(\C)F)SCc2cccc(Cl)c2[C@@H]1N1CN([C@H](C)C(F)(F)F)C(=O)c2c(O)c(=O)ccn21. The number of aromatic hydroxyl groups is 1. The lowest BCUT2D eigenvalue weighted by molar-refractivity contribution is -0.173. The smallest absolute Gasteiger partial charge is 0.408 e. The zero-order chi connectivity index (χ0) is 27.2. The maximum Gasteiger partial charge on any atom is 0.408 e. The van der Waals surface area contributed by atoms with E-state index >= 15 is 0 Å². The van der Waals surface area contributed by atoms with Gasteiger partial charge in [-0.05, 0) is 37.1 Å². The number of fused-ring (bicyclic) bond motifs is 2. The first-order chi connectivity index (χ1) is 17.4. The molecule has 0 fully saturated rings. The molecule has 0 aliphatic carbocycles. The summed E-state index contributed by atoms with van der Waals surface area (Å²) < 4.78 is 56.7. The predicted octanol–water partition coefficient (Wildman–Crippen LogP) is 5.81. The van der Waals surface area contributed by atoms with Crippen LogP contribution in [0.4, 0.5) is 17.6 Å². The fourth-order valence-electron chi connectivity index (χ4n) is 4.41. The van der Waals surface area contributed by atoms with Crippen LogP contribution >= 0.6 is 23.4 Å². The molecule has 0 unspecified atom stereocenters. The molecule has 2 aliphatic rings. The molecule has 2 aromatic rings. The third kappa shape index (κ3) is 4.77. The monoisotopic (exact) mass is 555 g/mol. The van der Waals surface area contributed by atoms with Crippen LogP contribution in [0.1, 0.15) is 41.5 Å². The number of carbonyl (C=O) groups is 1. The van der Waals surface area contributed by atoms with Gasteiger partial charge in [0, 0.05) is 33.5 Å². The van der Waals surface area contributed by atoms with Gasteiger partial charge in [0.05, 0.1) is 5.83 Å². The fourth-order valence-corrected chi connectivity index (χ4v) is 5.87. The van der Waals surface area contributed by atoms with Crippen molar-refractivity contribution < 1.29 is 27.5 Å². The molecule has 1 aromatic heterocycles. The molecule has 1 amide bonds. The van der Waals surface area contributed by atoms with Gasteiger partial charge < -0.3 is 10.0 Å². The maximum atomic E-state index is 14.1. The number of nitrogens with zero attached hydrogens (tertiary/aromatic N) is 3. The Bertz CT molecular complexity index is 1400. The van der Waals surface area contributed by atoms with Crippen LogP contribution in [0.15, 0.2) is 70.3 Å². The Balaban J connectivity index is 2.07. The highest BCUT2D eigenvalue weighted by molar-refractivity contribution is 8.02. The summed E-state index contributed by atoms with van der Waals surface area (Å²) in [6.07, 6.45) is -0.834. The van der Waals surface area contributed by atoms with E-state index < -0.39 is 53.5 Å². The van der Waals surface area contributed by atoms with Crippen molar-refractivity contribution in [1.82, 2.24) is 9.58 Å². The summed E-state index contributed by atoms with van der Waals surface area (Å²) in [5.41, 5.74) is 0.132. The second-order valence-electron chi connectivity index (χ2n) is 8.55. The van der Waals surface area contributed by atoms with Gasteiger partial charge in [-0.1, -0.05) is 36.4 Å². The van der Waals surface area contributed by atoms with Gasteiger partial charge >= 0.3 is 6.18 Å². The molecule has 37 heavy (non-hydrogen) atoms. The number of halogens is 5. The molecular weight excluding hydrogens is 534 g/mol. The molecule has 6 nitrogen and oxygen atoms in total. The Morgan fingerprint density at radius 1 is 1.30 bits per heavy atom. The third-order valence-corrected chi connectivity index (χ3v) is 7.71. The maximum absolute atomic E-state index is 14.1. The van der Waals surface area contributed by atoms with E-state index in [9.17, 15) is 32.3 Å². The number of alkyl halides is 3. The number of benzene rings is 1. The van der Waals surface area contributed by atoms with Crippen molar-refractivity contribution in [1.29, 1.82) is 0 Å². The lowest BCUT2D eigenvalue weighted by Crippen LogP contribution is -2.60. The van der Waals surface area contributed by atoms with Crippen LogP contribution < -0.4 is 10.4 Å². The number of amides is 1. The van der Waals surface area contributed by atoms with Gasteiger partial charge in [0.2, 0.25) is 5.43 Å². The number of aromatic nitrogens is 1. The molecule has 0 spiro atoms. The average molecular weight is 556 g/mol. The first-order valence-corrected chi connectivity index (χ1v) is 12.4. The minimum absolute atomic E-state index is 0.295. The molecule has 12 heteroatoms. The fraction of sp³-hybridized carbons (Fsp3) is 0.280. The highest BCUT2D eigenvalue weighted by atomic mass is 35.5. The molecule has 0 bridgehead atoms. The Kier molecular flexibility index (Phi) is 7.22. The van der Waals surface area contributed by atoms with Gasteiger partial charge in [0.15, 0.2) is 11.4 Å². The minimum Gasteiger partial charge on any atom is -0.502 e. The molecule has 0 saturated carbocycles. The normalized spacial score (nSPS) is 19.4. The van der Waals surface area contributed by atoms with Crippen molar-refractivity contribution in [2.75, 3.05) is 11.7 Å². The van der Waals surface area contributed by atoms with Crippen LogP contribution in [0.25, 0.3) is 0 Å². The molecule has 2 aliphatic heterocycles. The van der Waals surface area contributed by atoms with E-state index in [1.54, 1.807) is 18.2 Å². The van der Waals surface area contributed by atoms with E-state index in [1.807, 2.05) is 0 Å². The molecule has 3 heterocycles. The number of hydrogen-bond donors (Lipinski definition) is 1. The first-order valence-electron chi connectivity index (χ1n) is 11.1.